The highest BCUT2D eigenvalue weighted by molar-refractivity contribution is 8.28. The van der Waals surface area contributed by atoms with Crippen molar-refractivity contribution in [2.24, 2.45) is 4.40 Å². The van der Waals surface area contributed by atoms with Crippen LogP contribution in [0, 0.1) is 10.1 Å². The van der Waals surface area contributed by atoms with E-state index in [9.17, 15) is 10.1 Å². The van der Waals surface area contributed by atoms with E-state index in [1.165, 1.54) is 35.8 Å². The number of nitrogens with zero attached hydrogens (tertiary/aromatic N) is 2. The van der Waals surface area contributed by atoms with E-state index in [1.807, 2.05) is 31.2 Å². The molecule has 2 aromatic rings. The lowest BCUT2D eigenvalue weighted by Gasteiger charge is -2.26. The molecule has 24 heavy (non-hydrogen) atoms. The first-order valence-electron chi connectivity index (χ1n) is 7.14. The van der Waals surface area contributed by atoms with Gasteiger partial charge in [-0.3, -0.25) is 10.1 Å². The Labute approximate surface area is 152 Å². The van der Waals surface area contributed by atoms with E-state index in [0.29, 0.717) is 11.6 Å². The molecule has 0 fully saturated rings. The van der Waals surface area contributed by atoms with Gasteiger partial charge in [0.1, 0.15) is 5.04 Å². The van der Waals surface area contributed by atoms with Gasteiger partial charge < -0.3 is 4.74 Å². The molecule has 0 bridgehead atoms. The van der Waals surface area contributed by atoms with Crippen LogP contribution in [0.1, 0.15) is 18.1 Å². The Morgan fingerprint density at radius 3 is 2.46 bits per heavy atom. The van der Waals surface area contributed by atoms with Crippen LogP contribution in [0.2, 0.25) is 5.02 Å². The summed E-state index contributed by atoms with van der Waals surface area (Å²) in [7, 11) is 0. The van der Waals surface area contributed by atoms with Crippen LogP contribution in [-0.4, -0.2) is 16.6 Å². The first-order valence-corrected chi connectivity index (χ1v) is 9.11. The van der Waals surface area contributed by atoms with Crippen LogP contribution in [0.25, 0.3) is 0 Å². The minimum Gasteiger partial charge on any atom is -0.349 e. The summed E-state index contributed by atoms with van der Waals surface area (Å²) in [6.07, 6.45) is 0. The van der Waals surface area contributed by atoms with Crippen LogP contribution in [0.15, 0.2) is 52.9 Å². The third-order valence-corrected chi connectivity index (χ3v) is 6.19. The summed E-state index contributed by atoms with van der Waals surface area (Å²) in [5, 5.41) is 12.2. The predicted molar refractivity (Wildman–Crippen MR) is 99.6 cm³/mol. The predicted octanol–water partition coefficient (Wildman–Crippen LogP) is 5.24. The number of hydrogen-bond donors (Lipinski definition) is 0. The van der Waals surface area contributed by atoms with Crippen LogP contribution in [0.3, 0.4) is 0 Å². The molecule has 0 N–H and O–H groups in total. The third-order valence-electron chi connectivity index (χ3n) is 3.34. The Hall–Kier alpha value is -1.54. The first-order chi connectivity index (χ1) is 11.5. The third kappa shape index (κ3) is 3.44. The highest BCUT2D eigenvalue weighted by Gasteiger charge is 2.42. The molecule has 1 heterocycles. The zero-order chi connectivity index (χ0) is 17.2. The lowest BCUT2D eigenvalue weighted by Crippen LogP contribution is -2.20. The number of ether oxygens (including phenoxy) is 1. The van der Waals surface area contributed by atoms with E-state index in [4.69, 9.17) is 16.3 Å². The number of benzene rings is 2. The van der Waals surface area contributed by atoms with Crippen LogP contribution in [-0.2, 0) is 9.00 Å². The van der Waals surface area contributed by atoms with Crippen molar-refractivity contribution >= 4 is 46.0 Å². The summed E-state index contributed by atoms with van der Waals surface area (Å²) in [6, 6.07) is 13.9. The van der Waals surface area contributed by atoms with Crippen molar-refractivity contribution < 1.29 is 9.66 Å². The van der Waals surface area contributed by atoms with Crippen molar-refractivity contribution in [2.75, 3.05) is 6.61 Å². The van der Waals surface area contributed by atoms with Gasteiger partial charge in [0.05, 0.1) is 4.92 Å². The molecular weight excluding hydrogens is 368 g/mol. The van der Waals surface area contributed by atoms with Crippen molar-refractivity contribution in [1.29, 1.82) is 0 Å². The van der Waals surface area contributed by atoms with E-state index >= 15 is 0 Å². The largest absolute Gasteiger partial charge is 0.349 e. The Kier molecular flexibility index (Phi) is 5.15. The zero-order valence-electron chi connectivity index (χ0n) is 12.6. The van der Waals surface area contributed by atoms with Gasteiger partial charge >= 0.3 is 0 Å². The molecule has 0 saturated carbocycles. The van der Waals surface area contributed by atoms with Gasteiger partial charge in [0.25, 0.3) is 5.69 Å². The fourth-order valence-electron chi connectivity index (χ4n) is 2.20. The van der Waals surface area contributed by atoms with Crippen molar-refractivity contribution in [3.8, 4) is 0 Å². The quantitative estimate of drug-likeness (QED) is 0.403. The van der Waals surface area contributed by atoms with Crippen LogP contribution < -0.4 is 0 Å². The number of halogens is 1. The van der Waals surface area contributed by atoms with Gasteiger partial charge in [-0.15, -0.1) is 0 Å². The fraction of sp³-hybridized carbons (Fsp3) is 0.188. The fourth-order valence-corrected chi connectivity index (χ4v) is 4.74. The molecule has 0 amide bonds. The smallest absolute Gasteiger partial charge is 0.269 e. The van der Waals surface area contributed by atoms with Gasteiger partial charge in [0.2, 0.25) is 4.27 Å². The molecule has 0 spiro atoms. The average molecular weight is 381 g/mol. The second kappa shape index (κ2) is 7.14. The second-order valence-electron chi connectivity index (χ2n) is 4.89. The first kappa shape index (κ1) is 17.3. The Balaban J connectivity index is 1.86. The molecule has 1 atom stereocenters. The minimum absolute atomic E-state index is 0.0590. The Morgan fingerprint density at radius 2 is 1.88 bits per heavy atom. The number of nitro groups is 1. The van der Waals surface area contributed by atoms with E-state index in [0.717, 1.165) is 16.2 Å². The molecule has 1 unspecified atom stereocenters. The Bertz CT molecular complexity index is 781. The van der Waals surface area contributed by atoms with Crippen molar-refractivity contribution in [1.82, 2.24) is 0 Å². The summed E-state index contributed by atoms with van der Waals surface area (Å²) >= 11 is 8.79. The molecule has 8 heteroatoms. The molecule has 0 aliphatic carbocycles. The summed E-state index contributed by atoms with van der Waals surface area (Å²) in [5.41, 5.74) is 1.85. The van der Waals surface area contributed by atoms with Gasteiger partial charge in [-0.1, -0.05) is 35.5 Å². The number of non-ortho nitro benzene ring substituents is 1. The monoisotopic (exact) mass is 380 g/mol. The maximum absolute atomic E-state index is 10.8. The van der Waals surface area contributed by atoms with Crippen molar-refractivity contribution in [3.05, 3.63) is 74.8 Å². The van der Waals surface area contributed by atoms with E-state index in [2.05, 4.69) is 4.40 Å². The summed E-state index contributed by atoms with van der Waals surface area (Å²) < 4.78 is 9.84. The van der Waals surface area contributed by atoms with Crippen LogP contribution in [0.4, 0.5) is 5.69 Å². The highest BCUT2D eigenvalue weighted by atomic mass is 35.5. The van der Waals surface area contributed by atoms with E-state index < -0.39 is 9.19 Å². The molecule has 2 aromatic carbocycles. The summed E-state index contributed by atoms with van der Waals surface area (Å²) in [4.78, 5) is 10.4. The number of thioether (sulfide) groups is 1. The second-order valence-corrected chi connectivity index (χ2v) is 7.69. The Morgan fingerprint density at radius 1 is 1.21 bits per heavy atom. The SMILES string of the molecule is CCOC1(c2ccc(Cl)cc2)SN=C(c2ccc([N+](=O)[O-])cc2)S1. The van der Waals surface area contributed by atoms with E-state index in [1.54, 1.807) is 12.1 Å². The van der Waals surface area contributed by atoms with Crippen molar-refractivity contribution in [2.45, 2.75) is 11.2 Å². The molecular formula is C16H13ClN2O3S2. The molecule has 3 rings (SSSR count). The minimum atomic E-state index is -0.670. The van der Waals surface area contributed by atoms with Gasteiger partial charge in [0, 0.05) is 46.8 Å². The molecule has 124 valence electrons. The maximum atomic E-state index is 10.8. The van der Waals surface area contributed by atoms with E-state index in [-0.39, 0.29) is 5.69 Å². The van der Waals surface area contributed by atoms with Crippen LogP contribution in [0.5, 0.6) is 0 Å². The standard InChI is InChI=1S/C16H13ClN2O3S2/c1-2-22-16(12-5-7-13(17)8-6-12)23-15(18-24-16)11-3-9-14(10-4-11)19(20)21/h3-10H,2H2,1H3. The van der Waals surface area contributed by atoms with Gasteiger partial charge in [0.15, 0.2) is 0 Å². The number of rotatable bonds is 5. The molecule has 0 radical (unpaired) electrons. The summed E-state index contributed by atoms with van der Waals surface area (Å²) in [6.45, 7) is 2.47. The maximum Gasteiger partial charge on any atom is 0.269 e. The molecule has 0 aromatic heterocycles. The highest BCUT2D eigenvalue weighted by Crippen LogP contribution is 2.54. The van der Waals surface area contributed by atoms with Crippen molar-refractivity contribution in [3.63, 3.8) is 0 Å². The lowest BCUT2D eigenvalue weighted by molar-refractivity contribution is -0.384. The molecule has 1 aliphatic heterocycles. The normalized spacial score (nSPS) is 20.0. The number of hydrogen-bond acceptors (Lipinski definition) is 6. The topological polar surface area (TPSA) is 64.7 Å². The number of nitro benzene ring substituents is 1. The van der Waals surface area contributed by atoms with Gasteiger partial charge in [-0.05, 0) is 31.2 Å². The van der Waals surface area contributed by atoms with Crippen LogP contribution >= 0.6 is 35.3 Å². The summed E-state index contributed by atoms with van der Waals surface area (Å²) in [5.74, 6) is 0. The average Bonchev–Trinajstić information content (AvgIpc) is 3.01. The van der Waals surface area contributed by atoms with Gasteiger partial charge in [-0.2, -0.15) is 0 Å². The van der Waals surface area contributed by atoms with Gasteiger partial charge in [-0.25, -0.2) is 4.40 Å². The molecule has 5 nitrogen and oxygen atoms in total. The molecule has 0 saturated heterocycles. The zero-order valence-corrected chi connectivity index (χ0v) is 15.0. The molecule has 1 aliphatic rings. The lowest BCUT2D eigenvalue weighted by atomic mass is 10.2.